The smallest absolute Gasteiger partial charge is 0.120 e. The second-order valence-electron chi connectivity index (χ2n) is 18.6. The molecule has 0 aliphatic carbocycles. The molecule has 0 spiro atoms. The molecule has 0 aliphatic heterocycles. The SMILES string of the molecule is CC(C)(C)c1cc(-c2ccc3oc4c(-c5ccc6ccccc6n5)[c-]ccc4c3c2)nc(C(C)(C)C)c1.Cc1cc(-c2ccccc2)cc(C)c1-c1ccnc(-c2[c-]cc(F)cc2)c1.[Ir]. The summed E-state index contributed by atoms with van der Waals surface area (Å²) in [5, 5.41) is 3.25. The number of aromatic nitrogens is 3. The van der Waals surface area contributed by atoms with Crippen molar-refractivity contribution in [3.8, 4) is 56.0 Å². The molecule has 4 heterocycles. The van der Waals surface area contributed by atoms with Gasteiger partial charge in [0.05, 0.1) is 16.8 Å². The zero-order valence-corrected chi connectivity index (χ0v) is 40.4. The summed E-state index contributed by atoms with van der Waals surface area (Å²) in [7, 11) is 0. The third-order valence-electron chi connectivity index (χ3n) is 11.8. The van der Waals surface area contributed by atoms with E-state index in [1.165, 1.54) is 45.5 Å². The maximum absolute atomic E-state index is 13.2. The number of para-hydroxylation sites is 1. The molecule has 325 valence electrons. The van der Waals surface area contributed by atoms with E-state index >= 15 is 0 Å². The first-order valence-electron chi connectivity index (χ1n) is 21.8. The summed E-state index contributed by atoms with van der Waals surface area (Å²) in [6, 6.07) is 57.0. The van der Waals surface area contributed by atoms with Crippen LogP contribution in [-0.4, -0.2) is 15.0 Å². The molecule has 0 aliphatic rings. The first kappa shape index (κ1) is 45.0. The molecule has 0 unspecified atom stereocenters. The van der Waals surface area contributed by atoms with Crippen LogP contribution in [-0.2, 0) is 30.9 Å². The van der Waals surface area contributed by atoms with Gasteiger partial charge in [0, 0.05) is 54.2 Å². The Balaban J connectivity index is 0.000000183. The van der Waals surface area contributed by atoms with Gasteiger partial charge in [-0.05, 0) is 117 Å². The Kier molecular flexibility index (Phi) is 12.5. The second-order valence-corrected chi connectivity index (χ2v) is 18.6. The quantitative estimate of drug-likeness (QED) is 0.161. The van der Waals surface area contributed by atoms with Gasteiger partial charge in [0.1, 0.15) is 5.58 Å². The molecule has 4 nitrogen and oxygen atoms in total. The van der Waals surface area contributed by atoms with Crippen molar-refractivity contribution in [3.05, 3.63) is 198 Å². The Morgan fingerprint density at radius 1 is 0.569 bits per heavy atom. The Morgan fingerprint density at radius 3 is 2.05 bits per heavy atom. The van der Waals surface area contributed by atoms with Gasteiger partial charge in [-0.2, -0.15) is 0 Å². The van der Waals surface area contributed by atoms with Crippen molar-refractivity contribution in [2.75, 3.05) is 0 Å². The molecule has 0 fully saturated rings. The van der Waals surface area contributed by atoms with Gasteiger partial charge in [0.2, 0.25) is 0 Å². The molecule has 10 rings (SSSR count). The molecular formula is C59H50FIrN3O-2. The van der Waals surface area contributed by atoms with Crippen molar-refractivity contribution in [3.63, 3.8) is 0 Å². The van der Waals surface area contributed by atoms with Crippen LogP contribution < -0.4 is 0 Å². The molecule has 0 bridgehead atoms. The largest absolute Gasteiger partial charge is 0.501 e. The van der Waals surface area contributed by atoms with Crippen molar-refractivity contribution < 1.29 is 28.9 Å². The van der Waals surface area contributed by atoms with Crippen LogP contribution in [0.2, 0.25) is 0 Å². The Hall–Kier alpha value is -6.59. The molecule has 0 atom stereocenters. The standard InChI is InChI=1S/C34H31N2O.C25H19FN.Ir/c1-33(2,3)23-19-29(36-31(20-23)34(4,5)6)22-15-17-30-26(18-22)24-11-9-12-25(32(24)37-30)28-16-14-21-10-7-8-13-27(21)35-28;1-17-14-22(19-6-4-3-5-7-19)15-18(2)25(17)21-12-13-27-24(16-21)20-8-10-23(26)11-9-20;/h7-11,13-20H,1-6H3;3-8,10-16H,1-2H3;/q2*-1;. The first-order chi connectivity index (χ1) is 30.7. The van der Waals surface area contributed by atoms with Crippen LogP contribution in [0.3, 0.4) is 0 Å². The van der Waals surface area contributed by atoms with E-state index in [2.05, 4.69) is 157 Å². The molecule has 0 amide bonds. The van der Waals surface area contributed by atoms with Crippen molar-refractivity contribution >= 4 is 32.8 Å². The number of fused-ring (bicyclic) bond motifs is 4. The predicted molar refractivity (Wildman–Crippen MR) is 263 cm³/mol. The first-order valence-corrected chi connectivity index (χ1v) is 21.8. The Bertz CT molecular complexity index is 3270. The summed E-state index contributed by atoms with van der Waals surface area (Å²) in [4.78, 5) is 14.4. The van der Waals surface area contributed by atoms with Crippen LogP contribution in [0.15, 0.2) is 162 Å². The molecule has 4 aromatic heterocycles. The maximum Gasteiger partial charge on any atom is 0.120 e. The average molecular weight is 1030 g/mol. The molecule has 6 heteroatoms. The minimum atomic E-state index is -0.293. The molecule has 6 aromatic carbocycles. The van der Waals surface area contributed by atoms with Crippen LogP contribution >= 0.6 is 0 Å². The minimum absolute atomic E-state index is 0. The Morgan fingerprint density at radius 2 is 1.32 bits per heavy atom. The van der Waals surface area contributed by atoms with E-state index in [1.807, 2.05) is 48.5 Å². The molecule has 0 N–H and O–H groups in total. The average Bonchev–Trinajstić information content (AvgIpc) is 3.67. The fraction of sp³-hybridized carbons (Fsp3) is 0.169. The van der Waals surface area contributed by atoms with E-state index in [-0.39, 0.29) is 36.8 Å². The van der Waals surface area contributed by atoms with E-state index in [0.717, 1.165) is 77.9 Å². The number of aryl methyl sites for hydroxylation is 2. The van der Waals surface area contributed by atoms with Gasteiger partial charge >= 0.3 is 0 Å². The molecule has 0 saturated carbocycles. The summed E-state index contributed by atoms with van der Waals surface area (Å²) < 4.78 is 19.6. The van der Waals surface area contributed by atoms with Gasteiger partial charge in [0.15, 0.2) is 0 Å². The summed E-state index contributed by atoms with van der Waals surface area (Å²) in [6.07, 6.45) is 1.80. The van der Waals surface area contributed by atoms with Gasteiger partial charge in [-0.1, -0.05) is 131 Å². The minimum Gasteiger partial charge on any atom is -0.501 e. The van der Waals surface area contributed by atoms with Crippen LogP contribution in [0, 0.1) is 31.8 Å². The van der Waals surface area contributed by atoms with Gasteiger partial charge < -0.3 is 9.40 Å². The zero-order valence-electron chi connectivity index (χ0n) is 38.0. The summed E-state index contributed by atoms with van der Waals surface area (Å²) >= 11 is 0. The van der Waals surface area contributed by atoms with Gasteiger partial charge in [0.25, 0.3) is 0 Å². The predicted octanol–water partition coefficient (Wildman–Crippen LogP) is 15.9. The van der Waals surface area contributed by atoms with E-state index in [9.17, 15) is 4.39 Å². The van der Waals surface area contributed by atoms with Crippen LogP contribution in [0.25, 0.3) is 88.9 Å². The third kappa shape index (κ3) is 9.47. The fourth-order valence-corrected chi connectivity index (χ4v) is 8.31. The van der Waals surface area contributed by atoms with E-state index in [0.29, 0.717) is 0 Å². The zero-order chi connectivity index (χ0) is 44.8. The van der Waals surface area contributed by atoms with Crippen molar-refractivity contribution in [2.24, 2.45) is 0 Å². The number of hydrogen-bond donors (Lipinski definition) is 0. The Labute approximate surface area is 395 Å². The number of pyridine rings is 3. The van der Waals surface area contributed by atoms with Crippen LogP contribution in [0.4, 0.5) is 4.39 Å². The van der Waals surface area contributed by atoms with E-state index < -0.39 is 0 Å². The van der Waals surface area contributed by atoms with Crippen molar-refractivity contribution in [1.82, 2.24) is 15.0 Å². The molecule has 0 saturated heterocycles. The van der Waals surface area contributed by atoms with E-state index in [4.69, 9.17) is 14.4 Å². The van der Waals surface area contributed by atoms with Crippen molar-refractivity contribution in [1.29, 1.82) is 0 Å². The van der Waals surface area contributed by atoms with Gasteiger partial charge in [-0.25, -0.2) is 0 Å². The third-order valence-corrected chi connectivity index (χ3v) is 11.8. The molecule has 1 radical (unpaired) electrons. The summed E-state index contributed by atoms with van der Waals surface area (Å²) in [5.74, 6) is -0.293. The number of rotatable bonds is 5. The van der Waals surface area contributed by atoms with Gasteiger partial charge in [-0.15, -0.1) is 48.0 Å². The fourth-order valence-electron chi connectivity index (χ4n) is 8.31. The second kappa shape index (κ2) is 18.1. The van der Waals surface area contributed by atoms with Gasteiger partial charge in [-0.3, -0.25) is 14.4 Å². The number of halogens is 1. The topological polar surface area (TPSA) is 51.8 Å². The number of hydrogen-bond acceptors (Lipinski definition) is 4. The monoisotopic (exact) mass is 1030 g/mol. The van der Waals surface area contributed by atoms with Crippen LogP contribution in [0.5, 0.6) is 0 Å². The van der Waals surface area contributed by atoms with Crippen LogP contribution in [0.1, 0.15) is 63.9 Å². The molecule has 10 aromatic rings. The maximum atomic E-state index is 13.2. The number of furan rings is 1. The molecular weight excluding hydrogens is 978 g/mol. The van der Waals surface area contributed by atoms with E-state index in [1.54, 1.807) is 12.3 Å². The number of nitrogens with zero attached hydrogens (tertiary/aromatic N) is 3. The number of benzene rings is 6. The summed E-state index contributed by atoms with van der Waals surface area (Å²) in [5.41, 5.74) is 17.6. The molecule has 65 heavy (non-hydrogen) atoms. The van der Waals surface area contributed by atoms with Crippen molar-refractivity contribution in [2.45, 2.75) is 66.2 Å². The summed E-state index contributed by atoms with van der Waals surface area (Å²) in [6.45, 7) is 17.7. The normalized spacial score (nSPS) is 11.6.